The second-order valence-corrected chi connectivity index (χ2v) is 8.96. The van der Waals surface area contributed by atoms with Gasteiger partial charge in [0.25, 0.3) is 0 Å². The fraction of sp³-hybridized carbons (Fsp3) is 0.250. The SMILES string of the molecule is Cc1ccc(N2C(=O)CC[C@H](C(=O)NCc3ccc(Cl)cc3)[C@@H]2c2cccs2)cc1. The third-order valence-electron chi connectivity index (χ3n) is 5.46. The van der Waals surface area contributed by atoms with Crippen molar-refractivity contribution in [3.63, 3.8) is 0 Å². The summed E-state index contributed by atoms with van der Waals surface area (Å²) in [5.74, 6) is -0.290. The van der Waals surface area contributed by atoms with Crippen LogP contribution in [0.1, 0.15) is 34.9 Å². The Balaban J connectivity index is 1.60. The molecule has 1 saturated heterocycles. The summed E-state index contributed by atoms with van der Waals surface area (Å²) < 4.78 is 0. The Morgan fingerprint density at radius 1 is 1.13 bits per heavy atom. The number of hydrogen-bond acceptors (Lipinski definition) is 3. The lowest BCUT2D eigenvalue weighted by atomic mass is 9.86. The summed E-state index contributed by atoms with van der Waals surface area (Å²) in [6.45, 7) is 2.45. The van der Waals surface area contributed by atoms with Gasteiger partial charge in [0.15, 0.2) is 0 Å². The molecule has 1 fully saturated rings. The van der Waals surface area contributed by atoms with Crippen LogP contribution in [0, 0.1) is 12.8 Å². The van der Waals surface area contributed by atoms with Crippen LogP contribution >= 0.6 is 22.9 Å². The minimum absolute atomic E-state index is 0.0343. The molecular formula is C24H23ClN2O2S. The number of benzene rings is 2. The van der Waals surface area contributed by atoms with Crippen molar-refractivity contribution < 1.29 is 9.59 Å². The molecule has 0 unspecified atom stereocenters. The monoisotopic (exact) mass is 438 g/mol. The van der Waals surface area contributed by atoms with Crippen molar-refractivity contribution in [3.8, 4) is 0 Å². The van der Waals surface area contributed by atoms with Gasteiger partial charge in [0.1, 0.15) is 0 Å². The van der Waals surface area contributed by atoms with E-state index in [0.29, 0.717) is 24.4 Å². The van der Waals surface area contributed by atoms with E-state index in [1.165, 1.54) is 0 Å². The zero-order valence-electron chi connectivity index (χ0n) is 16.7. The number of piperidine rings is 1. The van der Waals surface area contributed by atoms with Crippen molar-refractivity contribution in [1.82, 2.24) is 5.32 Å². The summed E-state index contributed by atoms with van der Waals surface area (Å²) in [5.41, 5.74) is 2.95. The van der Waals surface area contributed by atoms with Gasteiger partial charge in [-0.25, -0.2) is 0 Å². The molecular weight excluding hydrogens is 416 g/mol. The number of thiophene rings is 1. The quantitative estimate of drug-likeness (QED) is 0.570. The van der Waals surface area contributed by atoms with Gasteiger partial charge in [0, 0.05) is 28.6 Å². The highest BCUT2D eigenvalue weighted by atomic mass is 35.5. The molecule has 1 aliphatic rings. The van der Waals surface area contributed by atoms with E-state index in [9.17, 15) is 9.59 Å². The number of carbonyl (C=O) groups is 2. The van der Waals surface area contributed by atoms with Gasteiger partial charge in [0.2, 0.25) is 11.8 Å². The fourth-order valence-corrected chi connectivity index (χ4v) is 4.89. The van der Waals surface area contributed by atoms with E-state index in [4.69, 9.17) is 11.6 Å². The Bertz CT molecular complexity index is 1020. The van der Waals surface area contributed by atoms with Crippen LogP contribution in [0.25, 0.3) is 0 Å². The van der Waals surface area contributed by atoms with Crippen molar-refractivity contribution in [2.45, 2.75) is 32.4 Å². The molecule has 4 nitrogen and oxygen atoms in total. The second-order valence-electron chi connectivity index (χ2n) is 7.55. The van der Waals surface area contributed by atoms with Gasteiger partial charge in [-0.15, -0.1) is 11.3 Å². The van der Waals surface area contributed by atoms with Gasteiger partial charge in [-0.1, -0.05) is 47.5 Å². The molecule has 0 bridgehead atoms. The predicted molar refractivity (Wildman–Crippen MR) is 122 cm³/mol. The van der Waals surface area contributed by atoms with E-state index in [1.807, 2.05) is 73.0 Å². The second kappa shape index (κ2) is 9.02. The Kier molecular flexibility index (Phi) is 6.21. The number of amides is 2. The highest BCUT2D eigenvalue weighted by molar-refractivity contribution is 7.10. The maximum atomic E-state index is 13.2. The van der Waals surface area contributed by atoms with Crippen molar-refractivity contribution in [2.75, 3.05) is 4.90 Å². The van der Waals surface area contributed by atoms with Crippen molar-refractivity contribution in [2.24, 2.45) is 5.92 Å². The first-order chi connectivity index (χ1) is 14.5. The molecule has 4 rings (SSSR count). The number of nitrogens with one attached hydrogen (secondary N) is 1. The maximum absolute atomic E-state index is 13.2. The van der Waals surface area contributed by atoms with Crippen LogP contribution < -0.4 is 10.2 Å². The molecule has 0 spiro atoms. The molecule has 30 heavy (non-hydrogen) atoms. The van der Waals surface area contributed by atoms with Crippen LogP contribution in [0.5, 0.6) is 0 Å². The number of aryl methyl sites for hydroxylation is 1. The molecule has 6 heteroatoms. The Hall–Kier alpha value is -2.63. The largest absolute Gasteiger partial charge is 0.352 e. The fourth-order valence-electron chi connectivity index (χ4n) is 3.88. The Labute approximate surface area is 185 Å². The summed E-state index contributed by atoms with van der Waals surface area (Å²) in [5, 5.41) is 5.72. The smallest absolute Gasteiger partial charge is 0.227 e. The van der Waals surface area contributed by atoms with Gasteiger partial charge in [-0.2, -0.15) is 0 Å². The number of hydrogen-bond donors (Lipinski definition) is 1. The molecule has 0 aliphatic carbocycles. The number of halogens is 1. The van der Waals surface area contributed by atoms with Gasteiger partial charge in [0.05, 0.1) is 12.0 Å². The van der Waals surface area contributed by atoms with Gasteiger partial charge in [-0.05, 0) is 54.6 Å². The molecule has 1 aromatic heterocycles. The summed E-state index contributed by atoms with van der Waals surface area (Å²) in [4.78, 5) is 29.0. The molecule has 2 amide bonds. The minimum atomic E-state index is -0.310. The molecule has 0 radical (unpaired) electrons. The average Bonchev–Trinajstić information content (AvgIpc) is 3.28. The third kappa shape index (κ3) is 4.42. The summed E-state index contributed by atoms with van der Waals surface area (Å²) in [6, 6.07) is 19.0. The van der Waals surface area contributed by atoms with E-state index in [2.05, 4.69) is 5.32 Å². The van der Waals surface area contributed by atoms with E-state index in [1.54, 1.807) is 16.2 Å². The van der Waals surface area contributed by atoms with Crippen LogP contribution in [-0.2, 0) is 16.1 Å². The standard InChI is InChI=1S/C24H23ClN2O2S/c1-16-4-10-19(11-5-16)27-22(28)13-12-20(23(27)21-3-2-14-30-21)24(29)26-15-17-6-8-18(25)9-7-17/h2-11,14,20,23H,12-13,15H2,1H3,(H,26,29)/t20-,23+/m0/s1. The van der Waals surface area contributed by atoms with Crippen LogP contribution in [0.4, 0.5) is 5.69 Å². The van der Waals surface area contributed by atoms with Gasteiger partial charge >= 0.3 is 0 Å². The number of anilines is 1. The van der Waals surface area contributed by atoms with Crippen molar-refractivity contribution in [1.29, 1.82) is 0 Å². The lowest BCUT2D eigenvalue weighted by molar-refractivity contribution is -0.129. The molecule has 1 aliphatic heterocycles. The molecule has 1 N–H and O–H groups in total. The summed E-state index contributed by atoms with van der Waals surface area (Å²) in [6.07, 6.45) is 0.894. The predicted octanol–water partition coefficient (Wildman–Crippen LogP) is 5.51. The van der Waals surface area contributed by atoms with Gasteiger partial charge in [-0.3, -0.25) is 9.59 Å². The van der Waals surface area contributed by atoms with E-state index >= 15 is 0 Å². The zero-order chi connectivity index (χ0) is 21.1. The zero-order valence-corrected chi connectivity index (χ0v) is 18.2. The lowest BCUT2D eigenvalue weighted by Gasteiger charge is -2.40. The molecule has 0 saturated carbocycles. The van der Waals surface area contributed by atoms with Crippen LogP contribution in [0.15, 0.2) is 66.0 Å². The number of rotatable bonds is 5. The lowest BCUT2D eigenvalue weighted by Crippen LogP contribution is -2.48. The number of carbonyl (C=O) groups excluding carboxylic acids is 2. The average molecular weight is 439 g/mol. The third-order valence-corrected chi connectivity index (χ3v) is 6.66. The van der Waals surface area contributed by atoms with E-state index in [0.717, 1.165) is 21.7 Å². The van der Waals surface area contributed by atoms with Crippen LogP contribution in [-0.4, -0.2) is 11.8 Å². The van der Waals surface area contributed by atoms with E-state index < -0.39 is 0 Å². The molecule has 154 valence electrons. The summed E-state index contributed by atoms with van der Waals surface area (Å²) >= 11 is 7.53. The molecule has 2 aromatic carbocycles. The molecule has 3 aromatic rings. The minimum Gasteiger partial charge on any atom is -0.352 e. The molecule has 2 heterocycles. The van der Waals surface area contributed by atoms with Crippen molar-refractivity contribution >= 4 is 40.4 Å². The Morgan fingerprint density at radius 3 is 2.53 bits per heavy atom. The van der Waals surface area contributed by atoms with Gasteiger partial charge < -0.3 is 10.2 Å². The van der Waals surface area contributed by atoms with Crippen LogP contribution in [0.2, 0.25) is 5.02 Å². The number of nitrogens with zero attached hydrogens (tertiary/aromatic N) is 1. The first-order valence-electron chi connectivity index (χ1n) is 9.97. The maximum Gasteiger partial charge on any atom is 0.227 e. The first kappa shape index (κ1) is 20.6. The first-order valence-corrected chi connectivity index (χ1v) is 11.2. The molecule has 2 atom stereocenters. The summed E-state index contributed by atoms with van der Waals surface area (Å²) in [7, 11) is 0. The topological polar surface area (TPSA) is 49.4 Å². The highest BCUT2D eigenvalue weighted by Gasteiger charge is 2.41. The highest BCUT2D eigenvalue weighted by Crippen LogP contribution is 2.41. The van der Waals surface area contributed by atoms with E-state index in [-0.39, 0.29) is 23.8 Å². The van der Waals surface area contributed by atoms with Crippen LogP contribution in [0.3, 0.4) is 0 Å². The van der Waals surface area contributed by atoms with Crippen molar-refractivity contribution in [3.05, 3.63) is 87.1 Å². The normalized spacial score (nSPS) is 19.0. The Morgan fingerprint density at radius 2 is 1.87 bits per heavy atom.